The molecule has 1 unspecified atom stereocenters. The van der Waals surface area contributed by atoms with Crippen molar-refractivity contribution in [3.8, 4) is 0 Å². The molecule has 0 saturated heterocycles. The first kappa shape index (κ1) is 15.2. The van der Waals surface area contributed by atoms with Crippen LogP contribution < -0.4 is 5.32 Å². The van der Waals surface area contributed by atoms with Gasteiger partial charge in [-0.15, -0.1) is 0 Å². The van der Waals surface area contributed by atoms with E-state index in [0.717, 1.165) is 5.16 Å². The van der Waals surface area contributed by atoms with Crippen molar-refractivity contribution >= 4 is 46.6 Å². The summed E-state index contributed by atoms with van der Waals surface area (Å²) in [6, 6.07) is 4.95. The maximum Gasteiger partial charge on any atom is 0.237 e. The minimum absolute atomic E-state index is 0.137. The number of benzene rings is 1. The van der Waals surface area contributed by atoms with Gasteiger partial charge in [-0.1, -0.05) is 35.0 Å². The van der Waals surface area contributed by atoms with Crippen molar-refractivity contribution in [3.63, 3.8) is 0 Å². The summed E-state index contributed by atoms with van der Waals surface area (Å²) in [7, 11) is 1.88. The maximum absolute atomic E-state index is 12.1. The molecule has 1 heterocycles. The lowest BCUT2D eigenvalue weighted by Gasteiger charge is -2.12. The second kappa shape index (κ2) is 6.52. The summed E-state index contributed by atoms with van der Waals surface area (Å²) in [5, 5.41) is 4.23. The molecule has 4 nitrogen and oxygen atoms in total. The average Bonchev–Trinajstić information content (AvgIpc) is 2.78. The molecule has 0 fully saturated rings. The highest BCUT2D eigenvalue weighted by atomic mass is 35.5. The van der Waals surface area contributed by atoms with Gasteiger partial charge in [-0.25, -0.2) is 4.98 Å². The quantitative estimate of drug-likeness (QED) is 0.866. The molecule has 0 saturated carbocycles. The van der Waals surface area contributed by atoms with Gasteiger partial charge in [0, 0.05) is 24.5 Å². The Balaban J connectivity index is 2.02. The molecule has 1 atom stereocenters. The number of nitrogens with one attached hydrogen (secondary N) is 1. The number of amides is 1. The summed E-state index contributed by atoms with van der Waals surface area (Å²) in [6.07, 6.45) is 3.53. The molecule has 7 heteroatoms. The first-order valence-electron chi connectivity index (χ1n) is 5.87. The Labute approximate surface area is 131 Å². The van der Waals surface area contributed by atoms with E-state index in [4.69, 9.17) is 23.2 Å². The molecule has 0 aliphatic rings. The number of aryl methyl sites for hydroxylation is 1. The Kier molecular flexibility index (Phi) is 4.96. The van der Waals surface area contributed by atoms with E-state index in [0.29, 0.717) is 15.7 Å². The molecule has 2 aromatic rings. The number of halogens is 2. The molecular weight excluding hydrogens is 317 g/mol. The van der Waals surface area contributed by atoms with Gasteiger partial charge in [0.2, 0.25) is 5.91 Å². The third kappa shape index (κ3) is 3.69. The van der Waals surface area contributed by atoms with Crippen LogP contribution in [0.5, 0.6) is 0 Å². The van der Waals surface area contributed by atoms with Gasteiger partial charge in [-0.3, -0.25) is 4.79 Å². The van der Waals surface area contributed by atoms with Crippen molar-refractivity contribution in [3.05, 3.63) is 40.6 Å². The highest BCUT2D eigenvalue weighted by Gasteiger charge is 2.17. The Morgan fingerprint density at radius 3 is 2.80 bits per heavy atom. The molecule has 106 valence electrons. The van der Waals surface area contributed by atoms with Gasteiger partial charge in [-0.05, 0) is 25.1 Å². The second-order valence-corrected chi connectivity index (χ2v) is 6.35. The Bertz CT molecular complexity index is 630. The number of anilines is 1. The minimum Gasteiger partial charge on any atom is -0.329 e. The van der Waals surface area contributed by atoms with Gasteiger partial charge < -0.3 is 9.88 Å². The van der Waals surface area contributed by atoms with E-state index in [1.165, 1.54) is 11.8 Å². The fourth-order valence-electron chi connectivity index (χ4n) is 1.50. The van der Waals surface area contributed by atoms with Crippen molar-refractivity contribution in [1.82, 2.24) is 9.55 Å². The Morgan fingerprint density at radius 2 is 2.20 bits per heavy atom. The summed E-state index contributed by atoms with van der Waals surface area (Å²) in [6.45, 7) is 1.82. The third-order valence-electron chi connectivity index (χ3n) is 2.62. The summed E-state index contributed by atoms with van der Waals surface area (Å²) >= 11 is 13.2. The SMILES string of the molecule is CC(Sc1nccn1C)C(=O)Nc1ccc(Cl)cc1Cl. The topological polar surface area (TPSA) is 46.9 Å². The standard InChI is InChI=1S/C13H13Cl2N3OS/c1-8(20-13-16-5-6-18(13)2)12(19)17-11-4-3-9(14)7-10(11)15/h3-8H,1-2H3,(H,17,19). The molecule has 0 spiro atoms. The van der Waals surface area contributed by atoms with Crippen LogP contribution >= 0.6 is 35.0 Å². The molecule has 0 radical (unpaired) electrons. The number of carbonyl (C=O) groups is 1. The minimum atomic E-state index is -0.289. The molecule has 1 N–H and O–H groups in total. The fourth-order valence-corrected chi connectivity index (χ4v) is 2.79. The highest BCUT2D eigenvalue weighted by molar-refractivity contribution is 8.00. The lowest BCUT2D eigenvalue weighted by Crippen LogP contribution is -2.23. The zero-order valence-electron chi connectivity index (χ0n) is 10.9. The van der Waals surface area contributed by atoms with E-state index in [1.54, 1.807) is 24.4 Å². The van der Waals surface area contributed by atoms with Crippen molar-refractivity contribution < 1.29 is 4.79 Å². The highest BCUT2D eigenvalue weighted by Crippen LogP contribution is 2.27. The van der Waals surface area contributed by atoms with E-state index in [9.17, 15) is 4.79 Å². The van der Waals surface area contributed by atoms with Gasteiger partial charge in [-0.2, -0.15) is 0 Å². The molecule has 1 aromatic carbocycles. The molecule has 1 amide bonds. The zero-order valence-corrected chi connectivity index (χ0v) is 13.3. The van der Waals surface area contributed by atoms with Gasteiger partial charge in [0.05, 0.1) is 16.0 Å². The summed E-state index contributed by atoms with van der Waals surface area (Å²) < 4.78 is 1.86. The number of hydrogen-bond acceptors (Lipinski definition) is 3. The zero-order chi connectivity index (χ0) is 14.7. The molecule has 20 heavy (non-hydrogen) atoms. The maximum atomic E-state index is 12.1. The molecule has 0 aliphatic heterocycles. The predicted octanol–water partition coefficient (Wildman–Crippen LogP) is 3.85. The molecule has 1 aromatic heterocycles. The normalized spacial score (nSPS) is 12.2. The number of imidazole rings is 1. The summed E-state index contributed by atoms with van der Waals surface area (Å²) in [4.78, 5) is 16.3. The summed E-state index contributed by atoms with van der Waals surface area (Å²) in [5.41, 5.74) is 0.549. The number of rotatable bonds is 4. The lowest BCUT2D eigenvalue weighted by molar-refractivity contribution is -0.115. The Hall–Kier alpha value is -1.17. The van der Waals surface area contributed by atoms with Crippen molar-refractivity contribution in [1.29, 1.82) is 0 Å². The van der Waals surface area contributed by atoms with E-state index in [1.807, 2.05) is 24.7 Å². The smallest absolute Gasteiger partial charge is 0.237 e. The van der Waals surface area contributed by atoms with Gasteiger partial charge in [0.25, 0.3) is 0 Å². The third-order valence-corrected chi connectivity index (χ3v) is 4.34. The van der Waals surface area contributed by atoms with E-state index in [2.05, 4.69) is 10.3 Å². The van der Waals surface area contributed by atoms with Crippen LogP contribution in [0.25, 0.3) is 0 Å². The fraction of sp³-hybridized carbons (Fsp3) is 0.231. The van der Waals surface area contributed by atoms with E-state index < -0.39 is 0 Å². The first-order chi connectivity index (χ1) is 9.47. The number of hydrogen-bond donors (Lipinski definition) is 1. The van der Waals surface area contributed by atoms with Crippen LogP contribution in [0, 0.1) is 0 Å². The Morgan fingerprint density at radius 1 is 1.45 bits per heavy atom. The van der Waals surface area contributed by atoms with Crippen LogP contribution in [0.4, 0.5) is 5.69 Å². The van der Waals surface area contributed by atoms with Gasteiger partial charge in [0.15, 0.2) is 5.16 Å². The van der Waals surface area contributed by atoms with Crippen LogP contribution in [0.1, 0.15) is 6.92 Å². The van der Waals surface area contributed by atoms with E-state index >= 15 is 0 Å². The van der Waals surface area contributed by atoms with Crippen LogP contribution in [-0.2, 0) is 11.8 Å². The van der Waals surface area contributed by atoms with Crippen LogP contribution in [0.2, 0.25) is 10.0 Å². The van der Waals surface area contributed by atoms with Crippen molar-refractivity contribution in [2.45, 2.75) is 17.3 Å². The predicted molar refractivity (Wildman–Crippen MR) is 83.6 cm³/mol. The molecule has 0 bridgehead atoms. The van der Waals surface area contributed by atoms with Crippen molar-refractivity contribution in [2.75, 3.05) is 5.32 Å². The molecular formula is C13H13Cl2N3OS. The second-order valence-electron chi connectivity index (χ2n) is 4.19. The number of nitrogens with zero attached hydrogens (tertiary/aromatic N) is 2. The number of aromatic nitrogens is 2. The monoisotopic (exact) mass is 329 g/mol. The first-order valence-corrected chi connectivity index (χ1v) is 7.51. The van der Waals surface area contributed by atoms with Crippen LogP contribution in [0.15, 0.2) is 35.7 Å². The molecule has 2 rings (SSSR count). The lowest BCUT2D eigenvalue weighted by atomic mass is 10.3. The van der Waals surface area contributed by atoms with Crippen LogP contribution in [0.3, 0.4) is 0 Å². The van der Waals surface area contributed by atoms with Gasteiger partial charge in [0.1, 0.15) is 0 Å². The summed E-state index contributed by atoms with van der Waals surface area (Å²) in [5.74, 6) is -0.137. The van der Waals surface area contributed by atoms with Gasteiger partial charge >= 0.3 is 0 Å². The van der Waals surface area contributed by atoms with Crippen molar-refractivity contribution in [2.24, 2.45) is 7.05 Å². The average molecular weight is 330 g/mol. The number of thioether (sulfide) groups is 1. The largest absolute Gasteiger partial charge is 0.329 e. The number of carbonyl (C=O) groups excluding carboxylic acids is 1. The van der Waals surface area contributed by atoms with Crippen LogP contribution in [-0.4, -0.2) is 20.7 Å². The molecule has 0 aliphatic carbocycles. The van der Waals surface area contributed by atoms with E-state index in [-0.39, 0.29) is 11.2 Å².